The number of nitrogens with zero attached hydrogens (tertiary/aromatic N) is 2. The number of carbonyl (C=O) groups excluding carboxylic acids is 3. The molecule has 0 aromatic rings. The molecule has 0 spiro atoms. The molecule has 0 aromatic carbocycles. The molecule has 2 aliphatic heterocycles. The Morgan fingerprint density at radius 2 is 1.96 bits per heavy atom. The molecule has 2 saturated heterocycles. The summed E-state index contributed by atoms with van der Waals surface area (Å²) in [5, 5.41) is 0.532. The third kappa shape index (κ3) is 5.27. The van der Waals surface area contributed by atoms with Crippen molar-refractivity contribution in [2.24, 2.45) is 0 Å². The van der Waals surface area contributed by atoms with Crippen LogP contribution in [0.15, 0.2) is 0 Å². The van der Waals surface area contributed by atoms with E-state index in [1.807, 2.05) is 0 Å². The molecular weight excluding hydrogens is 374 g/mol. The Morgan fingerprint density at radius 3 is 2.54 bits per heavy atom. The minimum atomic E-state index is -4.85. The summed E-state index contributed by atoms with van der Waals surface area (Å²) in [7, 11) is -4.85. The molecule has 13 heteroatoms. The number of piperidine rings is 1. The second kappa shape index (κ2) is 7.34. The zero-order valence-electron chi connectivity index (χ0n) is 14.5. The number of nitrogens with one attached hydrogen (secondary N) is 1. The van der Waals surface area contributed by atoms with E-state index in [0.717, 1.165) is 4.90 Å². The van der Waals surface area contributed by atoms with Gasteiger partial charge in [-0.05, 0) is 33.6 Å². The van der Waals surface area contributed by atoms with Gasteiger partial charge in [0.25, 0.3) is 5.91 Å². The van der Waals surface area contributed by atoms with Crippen LogP contribution in [0.4, 0.5) is 4.79 Å². The van der Waals surface area contributed by atoms with Crippen LogP contribution in [0.1, 0.15) is 33.6 Å². The predicted octanol–water partition coefficient (Wildman–Crippen LogP) is -0.621. The molecule has 2 fully saturated rings. The maximum Gasteiger partial charge on any atom is 0.418 e. The van der Waals surface area contributed by atoms with Crippen molar-refractivity contribution in [3.05, 3.63) is 0 Å². The first kappa shape index (κ1) is 20.4. The summed E-state index contributed by atoms with van der Waals surface area (Å²) in [5.74, 6) is -1.35. The summed E-state index contributed by atoms with van der Waals surface area (Å²) >= 11 is 0. The molecule has 1 unspecified atom stereocenters. The molecular formula is C13H21N3O9S. The van der Waals surface area contributed by atoms with Crippen molar-refractivity contribution in [3.63, 3.8) is 0 Å². The number of hydrogen-bond acceptors (Lipinski definition) is 8. The lowest BCUT2D eigenvalue weighted by molar-refractivity contribution is -0.165. The van der Waals surface area contributed by atoms with Crippen molar-refractivity contribution >= 4 is 28.3 Å². The second-order valence-corrected chi connectivity index (χ2v) is 7.86. The Labute approximate surface area is 150 Å². The van der Waals surface area contributed by atoms with Crippen LogP contribution in [0.3, 0.4) is 0 Å². The van der Waals surface area contributed by atoms with Gasteiger partial charge in [-0.25, -0.2) is 15.1 Å². The van der Waals surface area contributed by atoms with Crippen LogP contribution in [0.5, 0.6) is 0 Å². The highest BCUT2D eigenvalue weighted by atomic mass is 32.3. The van der Waals surface area contributed by atoms with Gasteiger partial charge >= 0.3 is 22.4 Å². The Balaban J connectivity index is 1.88. The topological polar surface area (TPSA) is 152 Å². The summed E-state index contributed by atoms with van der Waals surface area (Å²) in [6, 6.07) is -2.39. The van der Waals surface area contributed by atoms with Gasteiger partial charge in [-0.2, -0.15) is 13.5 Å². The summed E-state index contributed by atoms with van der Waals surface area (Å²) in [6.45, 7) is 4.59. The molecule has 2 aliphatic rings. The average Bonchev–Trinajstić information content (AvgIpc) is 2.69. The number of hydroxylamine groups is 3. The average molecular weight is 395 g/mol. The Bertz CT molecular complexity index is 687. The van der Waals surface area contributed by atoms with E-state index in [1.165, 1.54) is 0 Å². The van der Waals surface area contributed by atoms with Crippen molar-refractivity contribution in [2.75, 3.05) is 13.2 Å². The SMILES string of the molecule is CC(C)(C)OC(=O)CONC(=O)[C@@H]1CCC2CN1C(=O)N2OS(=O)(=O)O. The van der Waals surface area contributed by atoms with Crippen molar-refractivity contribution in [3.8, 4) is 0 Å². The highest BCUT2D eigenvalue weighted by molar-refractivity contribution is 7.80. The predicted molar refractivity (Wildman–Crippen MR) is 83.3 cm³/mol. The van der Waals surface area contributed by atoms with E-state index in [9.17, 15) is 22.8 Å². The first-order valence-electron chi connectivity index (χ1n) is 7.78. The number of ether oxygens (including phenoxy) is 1. The van der Waals surface area contributed by atoms with Gasteiger partial charge in [0.15, 0.2) is 6.61 Å². The van der Waals surface area contributed by atoms with E-state index < -0.39 is 52.6 Å². The van der Waals surface area contributed by atoms with E-state index in [0.29, 0.717) is 5.06 Å². The van der Waals surface area contributed by atoms with Gasteiger partial charge in [0, 0.05) is 6.54 Å². The lowest BCUT2D eigenvalue weighted by atomic mass is 10.0. The first-order chi connectivity index (χ1) is 11.9. The highest BCUT2D eigenvalue weighted by Gasteiger charge is 2.49. The number of amides is 3. The van der Waals surface area contributed by atoms with Gasteiger partial charge in [-0.1, -0.05) is 0 Å². The molecule has 0 aromatic heterocycles. The Kier molecular flexibility index (Phi) is 5.75. The van der Waals surface area contributed by atoms with Crippen LogP contribution in [0.25, 0.3) is 0 Å². The van der Waals surface area contributed by atoms with E-state index in [1.54, 1.807) is 20.8 Å². The van der Waals surface area contributed by atoms with Gasteiger partial charge < -0.3 is 9.64 Å². The summed E-state index contributed by atoms with van der Waals surface area (Å²) in [5.41, 5.74) is 1.38. The van der Waals surface area contributed by atoms with Crippen LogP contribution in [0, 0.1) is 0 Å². The fraction of sp³-hybridized carbons (Fsp3) is 0.769. The largest absolute Gasteiger partial charge is 0.458 e. The number of esters is 1. The molecule has 2 atom stereocenters. The molecule has 148 valence electrons. The standard InChI is InChI=1S/C13H21N3O9S/c1-13(2,3)24-10(17)7-23-14-11(18)9-5-4-8-6-15(9)12(19)16(8)25-26(20,21)22/h8-9H,4-7H2,1-3H3,(H,14,18)(H,20,21,22)/t8?,9-/m0/s1. The van der Waals surface area contributed by atoms with Crippen LogP contribution < -0.4 is 5.48 Å². The fourth-order valence-electron chi connectivity index (χ4n) is 2.71. The number of rotatable bonds is 6. The maximum atomic E-state index is 12.2. The molecule has 0 radical (unpaired) electrons. The quantitative estimate of drug-likeness (QED) is 0.340. The molecule has 0 saturated carbocycles. The van der Waals surface area contributed by atoms with E-state index in [2.05, 4.69) is 9.76 Å². The third-order valence-electron chi connectivity index (χ3n) is 3.58. The monoisotopic (exact) mass is 395 g/mol. The number of hydrogen-bond donors (Lipinski definition) is 2. The van der Waals surface area contributed by atoms with E-state index >= 15 is 0 Å². The van der Waals surface area contributed by atoms with Gasteiger partial charge in [0.2, 0.25) is 0 Å². The minimum absolute atomic E-state index is 0.0541. The van der Waals surface area contributed by atoms with Crippen molar-refractivity contribution in [1.29, 1.82) is 0 Å². The number of carbonyl (C=O) groups is 3. The zero-order chi connectivity index (χ0) is 19.7. The van der Waals surface area contributed by atoms with E-state index in [-0.39, 0.29) is 19.4 Å². The van der Waals surface area contributed by atoms with Gasteiger partial charge in [-0.3, -0.25) is 14.2 Å². The molecule has 3 amide bonds. The van der Waals surface area contributed by atoms with Crippen LogP contribution in [-0.4, -0.2) is 71.7 Å². The molecule has 2 N–H and O–H groups in total. The number of urea groups is 1. The van der Waals surface area contributed by atoms with Gasteiger partial charge in [0.05, 0.1) is 6.04 Å². The molecule has 2 heterocycles. The smallest absolute Gasteiger partial charge is 0.418 e. The van der Waals surface area contributed by atoms with Crippen molar-refractivity contribution in [1.82, 2.24) is 15.4 Å². The Hall–Kier alpha value is -1.96. The normalized spacial score (nSPS) is 23.2. The lowest BCUT2D eigenvalue weighted by Crippen LogP contribution is -2.50. The minimum Gasteiger partial charge on any atom is -0.458 e. The molecule has 26 heavy (non-hydrogen) atoms. The molecule has 2 rings (SSSR count). The molecule has 0 aliphatic carbocycles. The second-order valence-electron chi connectivity index (χ2n) is 6.85. The highest BCUT2D eigenvalue weighted by Crippen LogP contribution is 2.30. The van der Waals surface area contributed by atoms with Crippen LogP contribution >= 0.6 is 0 Å². The maximum absolute atomic E-state index is 12.2. The van der Waals surface area contributed by atoms with Gasteiger partial charge in [0.1, 0.15) is 11.6 Å². The third-order valence-corrected chi connectivity index (χ3v) is 3.93. The molecule has 2 bridgehead atoms. The van der Waals surface area contributed by atoms with Crippen LogP contribution in [0.2, 0.25) is 0 Å². The van der Waals surface area contributed by atoms with E-state index in [4.69, 9.17) is 14.1 Å². The fourth-order valence-corrected chi connectivity index (χ4v) is 3.10. The summed E-state index contributed by atoms with van der Waals surface area (Å²) in [4.78, 5) is 41.8. The Morgan fingerprint density at radius 1 is 1.31 bits per heavy atom. The molecule has 12 nitrogen and oxygen atoms in total. The van der Waals surface area contributed by atoms with Crippen molar-refractivity contribution < 1.29 is 41.2 Å². The first-order valence-corrected chi connectivity index (χ1v) is 9.14. The van der Waals surface area contributed by atoms with Crippen LogP contribution in [-0.2, 0) is 33.8 Å². The summed E-state index contributed by atoms with van der Waals surface area (Å²) < 4.78 is 39.6. The summed E-state index contributed by atoms with van der Waals surface area (Å²) in [6.07, 6.45) is 0.505. The number of fused-ring (bicyclic) bond motifs is 2. The van der Waals surface area contributed by atoms with Gasteiger partial charge in [-0.15, -0.1) is 4.28 Å². The zero-order valence-corrected chi connectivity index (χ0v) is 15.3. The van der Waals surface area contributed by atoms with Crippen molar-refractivity contribution in [2.45, 2.75) is 51.3 Å². The lowest BCUT2D eigenvalue weighted by Gasteiger charge is -2.28.